The molecule has 1 N–H and O–H groups in total. The summed E-state index contributed by atoms with van der Waals surface area (Å²) in [5, 5.41) is 3.58. The van der Waals surface area contributed by atoms with E-state index in [1.54, 1.807) is 0 Å². The van der Waals surface area contributed by atoms with Gasteiger partial charge < -0.3 is 5.32 Å². The molecule has 2 heteroatoms. The van der Waals surface area contributed by atoms with Crippen molar-refractivity contribution in [2.45, 2.75) is 32.1 Å². The number of nitrogens with one attached hydrogen (secondary N) is 1. The Morgan fingerprint density at radius 2 is 2.08 bits per heavy atom. The van der Waals surface area contributed by atoms with Gasteiger partial charge >= 0.3 is 0 Å². The summed E-state index contributed by atoms with van der Waals surface area (Å²) in [6.45, 7) is 2.47. The molecule has 0 heterocycles. The molecule has 2 rings (SSSR count). The Morgan fingerprint density at radius 1 is 1.33 bits per heavy atom. The average Bonchev–Trinajstić information content (AvgIpc) is 2.87. The minimum absolute atomic E-state index is 0.622. The van der Waals surface area contributed by atoms with E-state index in [2.05, 4.69) is 5.32 Å². The third-order valence-corrected chi connectivity index (χ3v) is 3.40. The maximum absolute atomic E-state index is 5.75. The zero-order valence-electron chi connectivity index (χ0n) is 7.61. The van der Waals surface area contributed by atoms with Crippen molar-refractivity contribution in [3.05, 3.63) is 0 Å². The lowest BCUT2D eigenvalue weighted by molar-refractivity contribution is 0.440. The van der Waals surface area contributed by atoms with Gasteiger partial charge in [-0.05, 0) is 50.0 Å². The Hall–Kier alpha value is 0.250. The van der Waals surface area contributed by atoms with Gasteiger partial charge in [-0.2, -0.15) is 0 Å². The van der Waals surface area contributed by atoms with Gasteiger partial charge in [-0.25, -0.2) is 0 Å². The topological polar surface area (TPSA) is 12.0 Å². The van der Waals surface area contributed by atoms with Crippen molar-refractivity contribution in [1.82, 2.24) is 5.32 Å². The van der Waals surface area contributed by atoms with E-state index < -0.39 is 0 Å². The highest BCUT2D eigenvalue weighted by Crippen LogP contribution is 2.48. The third kappa shape index (κ3) is 2.37. The van der Waals surface area contributed by atoms with Crippen LogP contribution >= 0.6 is 11.6 Å². The van der Waals surface area contributed by atoms with Gasteiger partial charge in [0.05, 0.1) is 0 Å². The Kier molecular flexibility index (Phi) is 2.61. The molecule has 12 heavy (non-hydrogen) atoms. The van der Waals surface area contributed by atoms with Crippen LogP contribution in [0.3, 0.4) is 0 Å². The molecule has 0 aliphatic heterocycles. The summed E-state index contributed by atoms with van der Waals surface area (Å²) in [6, 6.07) is 0. The quantitative estimate of drug-likeness (QED) is 0.630. The largest absolute Gasteiger partial charge is 0.316 e. The summed E-state index contributed by atoms with van der Waals surface area (Å²) in [5.41, 5.74) is 0.622. The zero-order valence-corrected chi connectivity index (χ0v) is 8.37. The minimum atomic E-state index is 0.622. The normalized spacial score (nSPS) is 25.8. The van der Waals surface area contributed by atoms with Crippen LogP contribution in [0.1, 0.15) is 32.1 Å². The molecule has 0 saturated heterocycles. The van der Waals surface area contributed by atoms with Crippen molar-refractivity contribution in [3.63, 3.8) is 0 Å². The lowest BCUT2D eigenvalue weighted by Crippen LogP contribution is -2.26. The van der Waals surface area contributed by atoms with Gasteiger partial charge in [0.25, 0.3) is 0 Å². The molecular weight excluding hydrogens is 170 g/mol. The maximum atomic E-state index is 5.75. The molecule has 70 valence electrons. The van der Waals surface area contributed by atoms with Crippen LogP contribution in [0.5, 0.6) is 0 Å². The van der Waals surface area contributed by atoms with Gasteiger partial charge in [-0.1, -0.05) is 0 Å². The van der Waals surface area contributed by atoms with Crippen LogP contribution in [0.15, 0.2) is 0 Å². The molecule has 2 saturated carbocycles. The fourth-order valence-corrected chi connectivity index (χ4v) is 2.16. The molecule has 0 spiro atoms. The summed E-state index contributed by atoms with van der Waals surface area (Å²) >= 11 is 5.75. The van der Waals surface area contributed by atoms with E-state index >= 15 is 0 Å². The van der Waals surface area contributed by atoms with Crippen molar-refractivity contribution in [2.75, 3.05) is 19.0 Å². The van der Waals surface area contributed by atoms with E-state index in [4.69, 9.17) is 11.6 Å². The molecule has 0 unspecified atom stereocenters. The number of hydrogen-bond donors (Lipinski definition) is 1. The van der Waals surface area contributed by atoms with Gasteiger partial charge in [0.2, 0.25) is 0 Å². The van der Waals surface area contributed by atoms with Gasteiger partial charge in [0.15, 0.2) is 0 Å². The summed E-state index contributed by atoms with van der Waals surface area (Å²) in [5.74, 6) is 1.85. The molecule has 2 aliphatic carbocycles. The van der Waals surface area contributed by atoms with Gasteiger partial charge in [0.1, 0.15) is 0 Å². The third-order valence-electron chi connectivity index (χ3n) is 3.21. The van der Waals surface area contributed by atoms with Crippen molar-refractivity contribution in [1.29, 1.82) is 0 Å². The first-order chi connectivity index (χ1) is 5.85. The van der Waals surface area contributed by atoms with Crippen LogP contribution in [-0.2, 0) is 0 Å². The predicted octanol–water partition coefficient (Wildman–Crippen LogP) is 2.40. The molecule has 0 aromatic rings. The Morgan fingerprint density at radius 3 is 2.58 bits per heavy atom. The highest BCUT2D eigenvalue weighted by molar-refractivity contribution is 6.17. The second-order valence-electron chi connectivity index (χ2n) is 4.51. The van der Waals surface area contributed by atoms with Crippen molar-refractivity contribution < 1.29 is 0 Å². The van der Waals surface area contributed by atoms with E-state index in [9.17, 15) is 0 Å². The van der Waals surface area contributed by atoms with E-state index in [0.717, 1.165) is 11.8 Å². The van der Waals surface area contributed by atoms with E-state index in [0.29, 0.717) is 5.41 Å². The summed E-state index contributed by atoms with van der Waals surface area (Å²) in [4.78, 5) is 0. The maximum Gasteiger partial charge on any atom is 0.0229 e. The van der Waals surface area contributed by atoms with Crippen LogP contribution in [0, 0.1) is 11.3 Å². The minimum Gasteiger partial charge on any atom is -0.316 e. The smallest absolute Gasteiger partial charge is 0.0229 e. The molecule has 1 nitrogen and oxygen atoms in total. The average molecular weight is 188 g/mol. The highest BCUT2D eigenvalue weighted by atomic mass is 35.5. The molecule has 0 atom stereocenters. The second-order valence-corrected chi connectivity index (χ2v) is 4.89. The lowest BCUT2D eigenvalue weighted by Gasteiger charge is -2.13. The standard InChI is InChI=1S/C10H18ClN/c11-6-5-10(3-4-10)8-12-7-9-1-2-9/h9,12H,1-8H2. The molecule has 0 radical (unpaired) electrons. The Balaban J connectivity index is 1.58. The van der Waals surface area contributed by atoms with E-state index in [-0.39, 0.29) is 0 Å². The van der Waals surface area contributed by atoms with E-state index in [1.807, 2.05) is 0 Å². The number of halogens is 1. The summed E-state index contributed by atoms with van der Waals surface area (Å²) in [6.07, 6.45) is 6.92. The number of alkyl halides is 1. The fraction of sp³-hybridized carbons (Fsp3) is 1.00. The summed E-state index contributed by atoms with van der Waals surface area (Å²) in [7, 11) is 0. The molecular formula is C10H18ClN. The van der Waals surface area contributed by atoms with Crippen molar-refractivity contribution in [3.8, 4) is 0 Å². The van der Waals surface area contributed by atoms with Crippen LogP contribution in [-0.4, -0.2) is 19.0 Å². The molecule has 0 bridgehead atoms. The van der Waals surface area contributed by atoms with Crippen molar-refractivity contribution >= 4 is 11.6 Å². The molecule has 2 aliphatic rings. The SMILES string of the molecule is ClCCC1(CNCC2CC2)CC1. The Labute approximate surface area is 79.9 Å². The van der Waals surface area contributed by atoms with Crippen LogP contribution in [0.4, 0.5) is 0 Å². The first-order valence-electron chi connectivity index (χ1n) is 5.11. The van der Waals surface area contributed by atoms with E-state index in [1.165, 1.54) is 45.2 Å². The van der Waals surface area contributed by atoms with Gasteiger partial charge in [-0.3, -0.25) is 0 Å². The fourth-order valence-electron chi connectivity index (χ4n) is 1.76. The number of rotatable bonds is 6. The van der Waals surface area contributed by atoms with Crippen LogP contribution in [0.2, 0.25) is 0 Å². The molecule has 2 fully saturated rings. The zero-order chi connectivity index (χ0) is 8.44. The molecule has 0 aromatic carbocycles. The van der Waals surface area contributed by atoms with Gasteiger partial charge in [-0.15, -0.1) is 11.6 Å². The second kappa shape index (κ2) is 3.55. The highest BCUT2D eigenvalue weighted by Gasteiger charge is 2.41. The predicted molar refractivity (Wildman–Crippen MR) is 52.6 cm³/mol. The summed E-state index contributed by atoms with van der Waals surface area (Å²) < 4.78 is 0. The first kappa shape index (κ1) is 8.83. The first-order valence-corrected chi connectivity index (χ1v) is 5.65. The monoisotopic (exact) mass is 187 g/mol. The van der Waals surface area contributed by atoms with Crippen LogP contribution < -0.4 is 5.32 Å². The van der Waals surface area contributed by atoms with Crippen molar-refractivity contribution in [2.24, 2.45) is 11.3 Å². The Bertz CT molecular complexity index is 150. The molecule has 0 amide bonds. The lowest BCUT2D eigenvalue weighted by atomic mass is 10.0. The van der Waals surface area contributed by atoms with Gasteiger partial charge in [0, 0.05) is 12.4 Å². The number of hydrogen-bond acceptors (Lipinski definition) is 1. The van der Waals surface area contributed by atoms with Crippen LogP contribution in [0.25, 0.3) is 0 Å². The molecule has 0 aromatic heterocycles.